The van der Waals surface area contributed by atoms with Crippen molar-refractivity contribution in [1.82, 2.24) is 9.97 Å². The van der Waals surface area contributed by atoms with Gasteiger partial charge in [-0.3, -0.25) is 0 Å². The van der Waals surface area contributed by atoms with Gasteiger partial charge in [-0.1, -0.05) is 13.8 Å². The highest BCUT2D eigenvalue weighted by atomic mass is 79.9. The SMILES string of the molecule is CC(C)c1cc(Br)c(S(N)(=O)=O)cc1Oc1cnc(N)nc1N. The number of ether oxygens (including phenoxy) is 1. The number of benzene rings is 1. The van der Waals surface area contributed by atoms with Gasteiger partial charge in [-0.2, -0.15) is 4.98 Å². The predicted molar refractivity (Wildman–Crippen MR) is 90.5 cm³/mol. The summed E-state index contributed by atoms with van der Waals surface area (Å²) in [6, 6.07) is 2.98. The number of primary sulfonamides is 1. The smallest absolute Gasteiger partial charge is 0.239 e. The quantitative estimate of drug-likeness (QED) is 0.708. The minimum atomic E-state index is -3.92. The van der Waals surface area contributed by atoms with Crippen LogP contribution < -0.4 is 21.3 Å². The van der Waals surface area contributed by atoms with Crippen molar-refractivity contribution in [2.45, 2.75) is 24.7 Å². The van der Waals surface area contributed by atoms with Gasteiger partial charge in [0, 0.05) is 10.5 Å². The number of halogens is 1. The molecule has 0 aliphatic heterocycles. The topological polar surface area (TPSA) is 147 Å². The summed E-state index contributed by atoms with van der Waals surface area (Å²) in [6.45, 7) is 3.88. The van der Waals surface area contributed by atoms with E-state index >= 15 is 0 Å². The van der Waals surface area contributed by atoms with Gasteiger partial charge in [-0.05, 0) is 33.5 Å². The van der Waals surface area contributed by atoms with Gasteiger partial charge in [-0.15, -0.1) is 0 Å². The Morgan fingerprint density at radius 1 is 1.22 bits per heavy atom. The zero-order valence-corrected chi connectivity index (χ0v) is 14.8. The van der Waals surface area contributed by atoms with E-state index in [0.29, 0.717) is 10.2 Å². The molecule has 0 radical (unpaired) electrons. The lowest BCUT2D eigenvalue weighted by atomic mass is 10.0. The van der Waals surface area contributed by atoms with Crippen molar-refractivity contribution in [2.24, 2.45) is 5.14 Å². The fraction of sp³-hybridized carbons (Fsp3) is 0.231. The van der Waals surface area contributed by atoms with Gasteiger partial charge in [-0.25, -0.2) is 18.5 Å². The fourth-order valence-corrected chi connectivity index (χ4v) is 3.54. The Balaban J connectivity index is 2.59. The molecule has 8 nitrogen and oxygen atoms in total. The molecule has 0 unspecified atom stereocenters. The second kappa shape index (κ2) is 6.30. The van der Waals surface area contributed by atoms with Crippen molar-refractivity contribution in [3.8, 4) is 11.5 Å². The van der Waals surface area contributed by atoms with Crippen LogP contribution in [0.5, 0.6) is 11.5 Å². The minimum Gasteiger partial charge on any atom is -0.452 e. The molecule has 2 rings (SSSR count). The third kappa shape index (κ3) is 3.89. The molecule has 0 saturated carbocycles. The molecule has 0 spiro atoms. The van der Waals surface area contributed by atoms with E-state index in [1.165, 1.54) is 12.3 Å². The molecule has 1 aromatic carbocycles. The first kappa shape index (κ1) is 17.4. The first-order valence-corrected chi connectivity index (χ1v) is 8.85. The Morgan fingerprint density at radius 3 is 2.39 bits per heavy atom. The highest BCUT2D eigenvalue weighted by Gasteiger charge is 2.20. The van der Waals surface area contributed by atoms with Crippen LogP contribution in [-0.2, 0) is 10.0 Å². The summed E-state index contributed by atoms with van der Waals surface area (Å²) in [5.74, 6) is 0.593. The van der Waals surface area contributed by atoms with E-state index in [9.17, 15) is 8.42 Å². The molecule has 0 amide bonds. The van der Waals surface area contributed by atoms with Gasteiger partial charge in [0.1, 0.15) is 5.75 Å². The highest BCUT2D eigenvalue weighted by Crippen LogP contribution is 2.37. The first-order valence-electron chi connectivity index (χ1n) is 6.51. The molecule has 0 aliphatic carbocycles. The van der Waals surface area contributed by atoms with Crippen molar-refractivity contribution >= 4 is 37.7 Å². The summed E-state index contributed by atoms with van der Waals surface area (Å²) in [5.41, 5.74) is 11.9. The number of aromatic nitrogens is 2. The van der Waals surface area contributed by atoms with E-state index in [1.807, 2.05) is 13.8 Å². The number of sulfonamides is 1. The average Bonchev–Trinajstić information content (AvgIpc) is 2.41. The molecule has 0 fully saturated rings. The molecular formula is C13H16BrN5O3S. The van der Waals surface area contributed by atoms with Gasteiger partial charge < -0.3 is 16.2 Å². The van der Waals surface area contributed by atoms with Crippen molar-refractivity contribution in [2.75, 3.05) is 11.5 Å². The maximum Gasteiger partial charge on any atom is 0.239 e. The Labute approximate surface area is 142 Å². The molecule has 0 bridgehead atoms. The van der Waals surface area contributed by atoms with Crippen LogP contribution in [0.1, 0.15) is 25.3 Å². The largest absolute Gasteiger partial charge is 0.452 e. The molecule has 1 heterocycles. The number of hydrogen-bond acceptors (Lipinski definition) is 7. The maximum atomic E-state index is 11.7. The van der Waals surface area contributed by atoms with E-state index in [4.69, 9.17) is 21.3 Å². The van der Waals surface area contributed by atoms with E-state index in [-0.39, 0.29) is 28.3 Å². The summed E-state index contributed by atoms with van der Waals surface area (Å²) >= 11 is 3.21. The number of nitrogens with two attached hydrogens (primary N) is 3. The molecule has 2 aromatic rings. The molecule has 1 aromatic heterocycles. The van der Waals surface area contributed by atoms with Crippen LogP contribution in [-0.4, -0.2) is 18.4 Å². The van der Waals surface area contributed by atoms with Crippen LogP contribution in [0.3, 0.4) is 0 Å². The van der Waals surface area contributed by atoms with Crippen molar-refractivity contribution in [3.63, 3.8) is 0 Å². The monoisotopic (exact) mass is 401 g/mol. The van der Waals surface area contributed by atoms with Gasteiger partial charge in [0.2, 0.25) is 16.0 Å². The third-order valence-electron chi connectivity index (χ3n) is 3.01. The summed E-state index contributed by atoms with van der Waals surface area (Å²) in [7, 11) is -3.92. The second-order valence-electron chi connectivity index (χ2n) is 5.10. The van der Waals surface area contributed by atoms with Gasteiger partial charge in [0.05, 0.1) is 11.1 Å². The van der Waals surface area contributed by atoms with Crippen molar-refractivity contribution in [3.05, 3.63) is 28.4 Å². The van der Waals surface area contributed by atoms with Crippen molar-refractivity contribution in [1.29, 1.82) is 0 Å². The third-order valence-corrected chi connectivity index (χ3v) is 4.88. The summed E-state index contributed by atoms with van der Waals surface area (Å²) in [6.07, 6.45) is 1.32. The minimum absolute atomic E-state index is 0.0139. The van der Waals surface area contributed by atoms with Crippen LogP contribution in [0.4, 0.5) is 11.8 Å². The van der Waals surface area contributed by atoms with Crippen molar-refractivity contribution < 1.29 is 13.2 Å². The maximum absolute atomic E-state index is 11.7. The van der Waals surface area contributed by atoms with Crippen LogP contribution in [0.15, 0.2) is 27.7 Å². The van der Waals surface area contributed by atoms with E-state index in [1.54, 1.807) is 6.07 Å². The number of nitrogen functional groups attached to an aromatic ring is 2. The Kier molecular flexibility index (Phi) is 4.78. The molecule has 6 N–H and O–H groups in total. The Morgan fingerprint density at radius 2 is 1.87 bits per heavy atom. The molecular weight excluding hydrogens is 386 g/mol. The van der Waals surface area contributed by atoms with E-state index < -0.39 is 10.0 Å². The molecule has 23 heavy (non-hydrogen) atoms. The standard InChI is InChI=1S/C13H16BrN5O3S/c1-6(2)7-3-8(14)11(23(17,20)21)4-9(7)22-10-5-18-13(16)19-12(10)15/h3-6H,1-2H3,(H2,17,20,21)(H4,15,16,18,19). The summed E-state index contributed by atoms with van der Waals surface area (Å²) < 4.78 is 29.4. The lowest BCUT2D eigenvalue weighted by molar-refractivity contribution is 0.469. The molecule has 10 heteroatoms. The molecule has 0 atom stereocenters. The first-order chi connectivity index (χ1) is 10.6. The van der Waals surface area contributed by atoms with Crippen LogP contribution in [0.25, 0.3) is 0 Å². The summed E-state index contributed by atoms with van der Waals surface area (Å²) in [5, 5.41) is 5.22. The van der Waals surface area contributed by atoms with Gasteiger partial charge in [0.25, 0.3) is 0 Å². The lowest BCUT2D eigenvalue weighted by Crippen LogP contribution is -2.13. The second-order valence-corrected chi connectivity index (χ2v) is 7.48. The van der Waals surface area contributed by atoms with Crippen LogP contribution in [0, 0.1) is 0 Å². The van der Waals surface area contributed by atoms with Gasteiger partial charge in [0.15, 0.2) is 11.6 Å². The average molecular weight is 402 g/mol. The van der Waals surface area contributed by atoms with Crippen LogP contribution in [0.2, 0.25) is 0 Å². The fourth-order valence-electron chi connectivity index (χ4n) is 1.90. The number of nitrogens with zero attached hydrogens (tertiary/aromatic N) is 2. The van der Waals surface area contributed by atoms with E-state index in [0.717, 1.165) is 5.56 Å². The van der Waals surface area contributed by atoms with Crippen LogP contribution >= 0.6 is 15.9 Å². The number of rotatable bonds is 4. The molecule has 124 valence electrons. The van der Waals surface area contributed by atoms with Gasteiger partial charge >= 0.3 is 0 Å². The van der Waals surface area contributed by atoms with E-state index in [2.05, 4.69) is 25.9 Å². The molecule has 0 aliphatic rings. The zero-order valence-electron chi connectivity index (χ0n) is 12.4. The highest BCUT2D eigenvalue weighted by molar-refractivity contribution is 9.10. The molecule has 0 saturated heterocycles. The number of hydrogen-bond donors (Lipinski definition) is 3. The number of anilines is 2. The predicted octanol–water partition coefficient (Wildman–Crippen LogP) is 1.97. The Hall–Kier alpha value is -1.91. The zero-order chi connectivity index (χ0) is 17.4. The lowest BCUT2D eigenvalue weighted by Gasteiger charge is -2.16. The Bertz CT molecular complexity index is 855. The summed E-state index contributed by atoms with van der Waals surface area (Å²) in [4.78, 5) is 7.52. The normalized spacial score (nSPS) is 11.7.